The molecular weight excluding hydrogens is 432 g/mol. The van der Waals surface area contributed by atoms with E-state index >= 15 is 0 Å². The molecule has 0 aromatic carbocycles. The molecule has 31 heavy (non-hydrogen) atoms. The smallest absolute Gasteiger partial charge is 0.250 e. The van der Waals surface area contributed by atoms with Crippen molar-refractivity contribution in [2.45, 2.75) is 36.4 Å². The standard InChI is InChI=1S/C21H24N6O2S2/c1-14-7-20(30-12-14)31(28,29)25-17-3-5-27(6-4-17)21-18-8-15(9-19(18)22-13-23-21)16-10-24-26(2)11-16/h7-8,10-13,17,25H,3-6,9H2,1-2H3. The number of anilines is 1. The van der Waals surface area contributed by atoms with E-state index in [9.17, 15) is 8.42 Å². The van der Waals surface area contributed by atoms with E-state index in [1.807, 2.05) is 31.7 Å². The minimum atomic E-state index is -3.46. The second-order valence-corrected chi connectivity index (χ2v) is 11.0. The van der Waals surface area contributed by atoms with Crippen molar-refractivity contribution in [2.75, 3.05) is 18.0 Å². The Morgan fingerprint density at radius 2 is 2.03 bits per heavy atom. The van der Waals surface area contributed by atoms with E-state index in [0.29, 0.717) is 4.21 Å². The van der Waals surface area contributed by atoms with Gasteiger partial charge >= 0.3 is 0 Å². The lowest BCUT2D eigenvalue weighted by molar-refractivity contribution is 0.458. The fraction of sp³-hybridized carbons (Fsp3) is 0.381. The lowest BCUT2D eigenvalue weighted by Gasteiger charge is -2.33. The number of hydrogen-bond donors (Lipinski definition) is 1. The Bertz CT molecular complexity index is 1250. The number of sulfonamides is 1. The molecule has 0 unspecified atom stereocenters. The van der Waals surface area contributed by atoms with Crippen molar-refractivity contribution in [3.63, 3.8) is 0 Å². The number of rotatable bonds is 5. The number of aryl methyl sites for hydroxylation is 2. The number of nitrogens with one attached hydrogen (secondary N) is 1. The quantitative estimate of drug-likeness (QED) is 0.634. The van der Waals surface area contributed by atoms with Crippen LogP contribution in [0.2, 0.25) is 0 Å². The van der Waals surface area contributed by atoms with Crippen LogP contribution in [0.15, 0.2) is 34.4 Å². The maximum atomic E-state index is 12.6. The predicted octanol–water partition coefficient (Wildman–Crippen LogP) is 2.62. The van der Waals surface area contributed by atoms with Gasteiger partial charge in [0.1, 0.15) is 16.4 Å². The number of fused-ring (bicyclic) bond motifs is 1. The Labute approximate surface area is 185 Å². The number of thiophene rings is 1. The van der Waals surface area contributed by atoms with Crippen LogP contribution in [-0.2, 0) is 23.5 Å². The number of nitrogens with zero attached hydrogens (tertiary/aromatic N) is 5. The Morgan fingerprint density at radius 1 is 1.23 bits per heavy atom. The first-order chi connectivity index (χ1) is 14.9. The van der Waals surface area contributed by atoms with Gasteiger partial charge in [-0.05, 0) is 48.4 Å². The first-order valence-corrected chi connectivity index (χ1v) is 12.6. The lowest BCUT2D eigenvalue weighted by Crippen LogP contribution is -2.45. The SMILES string of the molecule is Cc1csc(S(=O)(=O)NC2CCN(c3ncnc4c3C=C(c3cnn(C)c3)C4)CC2)c1. The van der Waals surface area contributed by atoms with Gasteiger partial charge in [-0.25, -0.2) is 23.1 Å². The van der Waals surface area contributed by atoms with Crippen molar-refractivity contribution in [3.05, 3.63) is 52.6 Å². The molecular formula is C21H24N6O2S2. The summed E-state index contributed by atoms with van der Waals surface area (Å²) < 4.78 is 30.3. The molecule has 0 spiro atoms. The van der Waals surface area contributed by atoms with E-state index in [0.717, 1.165) is 60.6 Å². The molecule has 8 nitrogen and oxygen atoms in total. The first-order valence-electron chi connectivity index (χ1n) is 10.2. The van der Waals surface area contributed by atoms with E-state index in [4.69, 9.17) is 0 Å². The Morgan fingerprint density at radius 3 is 2.71 bits per heavy atom. The van der Waals surface area contributed by atoms with E-state index < -0.39 is 10.0 Å². The number of piperidine rings is 1. The highest BCUT2D eigenvalue weighted by molar-refractivity contribution is 7.91. The second kappa shape index (κ2) is 7.85. The molecule has 0 saturated carbocycles. The van der Waals surface area contributed by atoms with Crippen molar-refractivity contribution < 1.29 is 8.42 Å². The maximum absolute atomic E-state index is 12.6. The van der Waals surface area contributed by atoms with Crippen molar-refractivity contribution in [3.8, 4) is 0 Å². The molecule has 2 aliphatic rings. The van der Waals surface area contributed by atoms with Crippen LogP contribution < -0.4 is 9.62 Å². The van der Waals surface area contributed by atoms with Crippen LogP contribution in [0, 0.1) is 6.92 Å². The van der Waals surface area contributed by atoms with Gasteiger partial charge in [-0.1, -0.05) is 0 Å². The minimum Gasteiger partial charge on any atom is -0.356 e. The van der Waals surface area contributed by atoms with Crippen LogP contribution in [0.4, 0.5) is 5.82 Å². The summed E-state index contributed by atoms with van der Waals surface area (Å²) in [4.78, 5) is 11.3. The van der Waals surface area contributed by atoms with E-state index in [-0.39, 0.29) is 6.04 Å². The fourth-order valence-corrected chi connectivity index (χ4v) is 6.72. The van der Waals surface area contributed by atoms with Gasteiger partial charge in [0.15, 0.2) is 0 Å². The summed E-state index contributed by atoms with van der Waals surface area (Å²) in [6, 6.07) is 1.65. The highest BCUT2D eigenvalue weighted by Gasteiger charge is 2.28. The van der Waals surface area contributed by atoms with Crippen molar-refractivity contribution in [2.24, 2.45) is 7.05 Å². The first kappa shape index (κ1) is 20.3. The van der Waals surface area contributed by atoms with Gasteiger partial charge in [0.2, 0.25) is 10.0 Å². The Hall–Kier alpha value is -2.56. The van der Waals surface area contributed by atoms with Crippen molar-refractivity contribution in [1.29, 1.82) is 0 Å². The third-order valence-electron chi connectivity index (χ3n) is 5.79. The van der Waals surface area contributed by atoms with Crippen LogP contribution in [0.1, 0.15) is 35.2 Å². The van der Waals surface area contributed by atoms with Crippen LogP contribution >= 0.6 is 11.3 Å². The lowest BCUT2D eigenvalue weighted by atomic mass is 10.1. The van der Waals surface area contributed by atoms with Crippen LogP contribution in [0.25, 0.3) is 11.6 Å². The molecule has 4 heterocycles. The summed E-state index contributed by atoms with van der Waals surface area (Å²) in [5, 5.41) is 6.13. The summed E-state index contributed by atoms with van der Waals surface area (Å²) in [7, 11) is -1.55. The molecule has 1 aliphatic heterocycles. The van der Waals surface area contributed by atoms with E-state index in [2.05, 4.69) is 30.8 Å². The van der Waals surface area contributed by atoms with Gasteiger partial charge in [0, 0.05) is 49.9 Å². The molecule has 1 aliphatic carbocycles. The molecule has 1 N–H and O–H groups in total. The van der Waals surface area contributed by atoms with Crippen LogP contribution in [-0.4, -0.2) is 47.3 Å². The summed E-state index contributed by atoms with van der Waals surface area (Å²) in [6.45, 7) is 3.40. The minimum absolute atomic E-state index is 0.0694. The molecule has 5 rings (SSSR count). The zero-order valence-corrected chi connectivity index (χ0v) is 19.1. The second-order valence-electron chi connectivity index (χ2n) is 8.13. The summed E-state index contributed by atoms with van der Waals surface area (Å²) in [5.74, 6) is 0.930. The van der Waals surface area contributed by atoms with Gasteiger partial charge in [-0.3, -0.25) is 4.68 Å². The van der Waals surface area contributed by atoms with Gasteiger partial charge in [-0.15, -0.1) is 11.3 Å². The zero-order chi connectivity index (χ0) is 21.6. The summed E-state index contributed by atoms with van der Waals surface area (Å²) in [5.41, 5.74) is 5.35. The monoisotopic (exact) mass is 456 g/mol. The molecule has 0 atom stereocenters. The number of allylic oxidation sites excluding steroid dienone is 1. The third-order valence-corrected chi connectivity index (χ3v) is 8.86. The molecule has 1 fully saturated rings. The van der Waals surface area contributed by atoms with E-state index in [1.165, 1.54) is 16.9 Å². The third kappa shape index (κ3) is 4.02. The molecule has 3 aromatic heterocycles. The molecule has 3 aromatic rings. The number of aromatic nitrogens is 4. The molecule has 0 radical (unpaired) electrons. The fourth-order valence-electron chi connectivity index (χ4n) is 4.17. The maximum Gasteiger partial charge on any atom is 0.250 e. The average molecular weight is 457 g/mol. The molecule has 162 valence electrons. The molecule has 0 bridgehead atoms. The normalized spacial score (nSPS) is 17.1. The van der Waals surface area contributed by atoms with Crippen LogP contribution in [0.5, 0.6) is 0 Å². The topological polar surface area (TPSA) is 93.0 Å². The highest BCUT2D eigenvalue weighted by Crippen LogP contribution is 2.35. The van der Waals surface area contributed by atoms with Crippen molar-refractivity contribution in [1.82, 2.24) is 24.5 Å². The number of hydrogen-bond acceptors (Lipinski definition) is 7. The summed E-state index contributed by atoms with van der Waals surface area (Å²) >= 11 is 1.27. The molecule has 0 amide bonds. The zero-order valence-electron chi connectivity index (χ0n) is 17.4. The van der Waals surface area contributed by atoms with E-state index in [1.54, 1.807) is 17.1 Å². The van der Waals surface area contributed by atoms with Crippen LogP contribution in [0.3, 0.4) is 0 Å². The summed E-state index contributed by atoms with van der Waals surface area (Å²) in [6.07, 6.45) is 9.92. The van der Waals surface area contributed by atoms with Gasteiger partial charge < -0.3 is 4.90 Å². The Kier molecular flexibility index (Phi) is 5.15. The van der Waals surface area contributed by atoms with Gasteiger partial charge in [0.25, 0.3) is 0 Å². The highest BCUT2D eigenvalue weighted by atomic mass is 32.2. The van der Waals surface area contributed by atoms with Gasteiger partial charge in [0.05, 0.1) is 11.9 Å². The predicted molar refractivity (Wildman–Crippen MR) is 121 cm³/mol. The molecule has 1 saturated heterocycles. The average Bonchev–Trinajstić information content (AvgIpc) is 3.47. The largest absolute Gasteiger partial charge is 0.356 e. The van der Waals surface area contributed by atoms with Gasteiger partial charge in [-0.2, -0.15) is 5.10 Å². The molecule has 10 heteroatoms. The van der Waals surface area contributed by atoms with Crippen molar-refractivity contribution >= 4 is 38.8 Å². The Balaban J connectivity index is 1.29.